The lowest BCUT2D eigenvalue weighted by atomic mass is 10.1. The van der Waals surface area contributed by atoms with Crippen molar-refractivity contribution in [2.75, 3.05) is 18.0 Å². The van der Waals surface area contributed by atoms with Crippen LogP contribution in [-0.4, -0.2) is 35.0 Å². The number of amides is 1. The lowest BCUT2D eigenvalue weighted by Crippen LogP contribution is -2.33. The first-order chi connectivity index (χ1) is 11.9. The Bertz CT molecular complexity index is 789. The molecule has 6 nitrogen and oxygen atoms in total. The molecule has 3 rings (SSSR count). The number of aryl methyl sites for hydroxylation is 2. The zero-order valence-corrected chi connectivity index (χ0v) is 15.0. The molecule has 0 aliphatic carbocycles. The number of hydrogen-bond acceptors (Lipinski definition) is 5. The van der Waals surface area contributed by atoms with Gasteiger partial charge in [-0.05, 0) is 32.8 Å². The molecule has 1 aliphatic rings. The standard InChI is InChI=1S/C19H25N5O/c1-12-5-4-6-15(9-12)10-21-16-7-8-24(11-16)19-13(2)14(3)22-18(23-19)17(20)25/h4-6,9,16,21H,7-8,10-11H2,1-3H3,(H2,20,25)/t16-/m1/s1. The van der Waals surface area contributed by atoms with Gasteiger partial charge in [0, 0.05) is 36.9 Å². The van der Waals surface area contributed by atoms with Gasteiger partial charge < -0.3 is 16.0 Å². The van der Waals surface area contributed by atoms with Crippen molar-refractivity contribution in [3.63, 3.8) is 0 Å². The summed E-state index contributed by atoms with van der Waals surface area (Å²) in [6.45, 7) is 8.60. The molecule has 0 saturated carbocycles. The highest BCUT2D eigenvalue weighted by atomic mass is 16.1. The maximum Gasteiger partial charge on any atom is 0.286 e. The van der Waals surface area contributed by atoms with Crippen molar-refractivity contribution in [3.05, 3.63) is 52.5 Å². The zero-order valence-electron chi connectivity index (χ0n) is 15.0. The van der Waals surface area contributed by atoms with Crippen LogP contribution in [0.2, 0.25) is 0 Å². The van der Waals surface area contributed by atoms with Gasteiger partial charge >= 0.3 is 0 Å². The fraction of sp³-hybridized carbons (Fsp3) is 0.421. The topological polar surface area (TPSA) is 84.1 Å². The molecule has 0 spiro atoms. The van der Waals surface area contributed by atoms with E-state index in [1.807, 2.05) is 13.8 Å². The number of benzene rings is 1. The molecule has 2 aromatic rings. The summed E-state index contributed by atoms with van der Waals surface area (Å²) in [5.74, 6) is 0.327. The van der Waals surface area contributed by atoms with Crippen molar-refractivity contribution in [2.24, 2.45) is 5.73 Å². The van der Waals surface area contributed by atoms with Gasteiger partial charge in [-0.3, -0.25) is 4.79 Å². The molecule has 25 heavy (non-hydrogen) atoms. The monoisotopic (exact) mass is 339 g/mol. The van der Waals surface area contributed by atoms with Crippen LogP contribution >= 0.6 is 0 Å². The van der Waals surface area contributed by atoms with Gasteiger partial charge in [0.1, 0.15) is 5.82 Å². The van der Waals surface area contributed by atoms with Crippen LogP contribution in [0.4, 0.5) is 5.82 Å². The van der Waals surface area contributed by atoms with E-state index in [1.165, 1.54) is 11.1 Å². The summed E-state index contributed by atoms with van der Waals surface area (Å²) < 4.78 is 0. The fourth-order valence-corrected chi connectivity index (χ4v) is 3.24. The minimum Gasteiger partial charge on any atom is -0.363 e. The molecule has 1 aromatic carbocycles. The number of primary amides is 1. The minimum atomic E-state index is -0.585. The van der Waals surface area contributed by atoms with E-state index >= 15 is 0 Å². The normalized spacial score (nSPS) is 17.1. The highest BCUT2D eigenvalue weighted by Gasteiger charge is 2.26. The van der Waals surface area contributed by atoms with Crippen LogP contribution < -0.4 is 16.0 Å². The van der Waals surface area contributed by atoms with E-state index in [1.54, 1.807) is 0 Å². The predicted octanol–water partition coefficient (Wildman–Crippen LogP) is 1.87. The molecule has 0 bridgehead atoms. The van der Waals surface area contributed by atoms with Gasteiger partial charge in [0.25, 0.3) is 5.91 Å². The van der Waals surface area contributed by atoms with Crippen LogP contribution in [0.25, 0.3) is 0 Å². The molecule has 3 N–H and O–H groups in total. The molecule has 1 amide bonds. The number of aromatic nitrogens is 2. The minimum absolute atomic E-state index is 0.0919. The third-order valence-corrected chi connectivity index (χ3v) is 4.75. The predicted molar refractivity (Wildman–Crippen MR) is 98.7 cm³/mol. The molecule has 132 valence electrons. The Morgan fingerprint density at radius 1 is 1.32 bits per heavy atom. The quantitative estimate of drug-likeness (QED) is 0.869. The molecule has 1 aromatic heterocycles. The Morgan fingerprint density at radius 3 is 2.84 bits per heavy atom. The Balaban J connectivity index is 1.67. The SMILES string of the molecule is Cc1cccc(CN[C@@H]2CCN(c3nc(C(N)=O)nc(C)c3C)C2)c1. The maximum absolute atomic E-state index is 11.4. The Labute approximate surface area is 148 Å². The van der Waals surface area contributed by atoms with Crippen molar-refractivity contribution >= 4 is 11.7 Å². The van der Waals surface area contributed by atoms with E-state index in [2.05, 4.69) is 51.4 Å². The number of carbonyl (C=O) groups excluding carboxylic acids is 1. The molecule has 1 atom stereocenters. The van der Waals surface area contributed by atoms with Gasteiger partial charge in [-0.25, -0.2) is 9.97 Å². The van der Waals surface area contributed by atoms with Gasteiger partial charge in [-0.1, -0.05) is 29.8 Å². The number of carbonyl (C=O) groups is 1. The van der Waals surface area contributed by atoms with Crippen LogP contribution in [0.5, 0.6) is 0 Å². The van der Waals surface area contributed by atoms with Crippen LogP contribution in [0.15, 0.2) is 24.3 Å². The summed E-state index contributed by atoms with van der Waals surface area (Å²) in [5.41, 5.74) is 9.73. The van der Waals surface area contributed by atoms with Crippen molar-refractivity contribution in [2.45, 2.75) is 39.8 Å². The van der Waals surface area contributed by atoms with Crippen molar-refractivity contribution in [1.29, 1.82) is 0 Å². The second-order valence-electron chi connectivity index (χ2n) is 6.75. The number of anilines is 1. The summed E-state index contributed by atoms with van der Waals surface area (Å²) in [4.78, 5) is 22.2. The van der Waals surface area contributed by atoms with Crippen LogP contribution in [0.3, 0.4) is 0 Å². The van der Waals surface area contributed by atoms with E-state index < -0.39 is 5.91 Å². The number of nitrogens with zero attached hydrogens (tertiary/aromatic N) is 3. The van der Waals surface area contributed by atoms with E-state index in [0.29, 0.717) is 6.04 Å². The third-order valence-electron chi connectivity index (χ3n) is 4.75. The largest absolute Gasteiger partial charge is 0.363 e. The molecule has 1 fully saturated rings. The summed E-state index contributed by atoms with van der Waals surface area (Å²) in [7, 11) is 0. The lowest BCUT2D eigenvalue weighted by Gasteiger charge is -2.21. The molecule has 6 heteroatoms. The zero-order chi connectivity index (χ0) is 18.0. The average molecular weight is 339 g/mol. The first-order valence-electron chi connectivity index (χ1n) is 8.63. The summed E-state index contributed by atoms with van der Waals surface area (Å²) in [6, 6.07) is 8.94. The number of hydrogen-bond donors (Lipinski definition) is 2. The number of rotatable bonds is 5. The Kier molecular flexibility index (Phi) is 4.99. The Hall–Kier alpha value is -2.47. The first kappa shape index (κ1) is 17.4. The molecule has 0 unspecified atom stereocenters. The number of nitrogens with one attached hydrogen (secondary N) is 1. The lowest BCUT2D eigenvalue weighted by molar-refractivity contribution is 0.0990. The molecular weight excluding hydrogens is 314 g/mol. The molecule has 0 radical (unpaired) electrons. The van der Waals surface area contributed by atoms with E-state index in [-0.39, 0.29) is 5.82 Å². The molecule has 2 heterocycles. The van der Waals surface area contributed by atoms with E-state index in [0.717, 1.165) is 43.1 Å². The van der Waals surface area contributed by atoms with Crippen LogP contribution in [0, 0.1) is 20.8 Å². The maximum atomic E-state index is 11.4. The molecule has 1 saturated heterocycles. The fourth-order valence-electron chi connectivity index (χ4n) is 3.24. The summed E-state index contributed by atoms with van der Waals surface area (Å²) in [6.07, 6.45) is 1.04. The van der Waals surface area contributed by atoms with E-state index in [9.17, 15) is 4.79 Å². The Morgan fingerprint density at radius 2 is 2.12 bits per heavy atom. The van der Waals surface area contributed by atoms with Gasteiger partial charge in [0.05, 0.1) is 0 Å². The number of nitrogens with two attached hydrogens (primary N) is 1. The molecular formula is C19H25N5O. The van der Waals surface area contributed by atoms with Crippen LogP contribution in [-0.2, 0) is 6.54 Å². The van der Waals surface area contributed by atoms with Crippen molar-refractivity contribution in [3.8, 4) is 0 Å². The van der Waals surface area contributed by atoms with Gasteiger partial charge in [-0.15, -0.1) is 0 Å². The summed E-state index contributed by atoms with van der Waals surface area (Å²) >= 11 is 0. The average Bonchev–Trinajstić information content (AvgIpc) is 3.04. The second-order valence-corrected chi connectivity index (χ2v) is 6.75. The smallest absolute Gasteiger partial charge is 0.286 e. The molecule has 1 aliphatic heterocycles. The van der Waals surface area contributed by atoms with Crippen molar-refractivity contribution < 1.29 is 4.79 Å². The van der Waals surface area contributed by atoms with Gasteiger partial charge in [0.2, 0.25) is 5.82 Å². The highest BCUT2D eigenvalue weighted by molar-refractivity contribution is 5.89. The van der Waals surface area contributed by atoms with Gasteiger partial charge in [-0.2, -0.15) is 0 Å². The third kappa shape index (κ3) is 3.96. The van der Waals surface area contributed by atoms with Crippen LogP contribution in [0.1, 0.15) is 39.4 Å². The van der Waals surface area contributed by atoms with Gasteiger partial charge in [0.15, 0.2) is 0 Å². The highest BCUT2D eigenvalue weighted by Crippen LogP contribution is 2.24. The van der Waals surface area contributed by atoms with E-state index in [4.69, 9.17) is 5.73 Å². The summed E-state index contributed by atoms with van der Waals surface area (Å²) in [5, 5.41) is 3.62. The second kappa shape index (κ2) is 7.19. The first-order valence-corrected chi connectivity index (χ1v) is 8.63. The van der Waals surface area contributed by atoms with Crippen molar-refractivity contribution in [1.82, 2.24) is 15.3 Å².